The summed E-state index contributed by atoms with van der Waals surface area (Å²) in [6.07, 6.45) is 0. The van der Waals surface area contributed by atoms with Gasteiger partial charge in [-0.1, -0.05) is 33.6 Å². The minimum atomic E-state index is -0.983. The van der Waals surface area contributed by atoms with Crippen LogP contribution in [-0.4, -0.2) is 0 Å². The quantitative estimate of drug-likeness (QED) is 0.451. The standard InChI is InChI=1S/C14H9BrCl2F2/c1-7-2-3-8(15)4-9(7)14(17)10-5-12(18)13(19)6-11(10)16/h2-6,14H,1H3. The molecule has 0 aromatic heterocycles. The fourth-order valence-electron chi connectivity index (χ4n) is 1.78. The third-order valence-corrected chi connectivity index (χ3v) is 4.12. The lowest BCUT2D eigenvalue weighted by molar-refractivity contribution is 0.507. The molecular formula is C14H9BrCl2F2. The van der Waals surface area contributed by atoms with Crippen LogP contribution >= 0.6 is 39.1 Å². The van der Waals surface area contributed by atoms with Crippen LogP contribution in [0.25, 0.3) is 0 Å². The van der Waals surface area contributed by atoms with Crippen LogP contribution in [0.5, 0.6) is 0 Å². The third-order valence-electron chi connectivity index (χ3n) is 2.83. The van der Waals surface area contributed by atoms with E-state index in [0.717, 1.165) is 27.7 Å². The summed E-state index contributed by atoms with van der Waals surface area (Å²) >= 11 is 15.6. The first-order chi connectivity index (χ1) is 8.90. The molecule has 0 saturated carbocycles. The van der Waals surface area contributed by atoms with Crippen LogP contribution < -0.4 is 0 Å². The predicted molar refractivity (Wildman–Crippen MR) is 77.9 cm³/mol. The highest BCUT2D eigenvalue weighted by Crippen LogP contribution is 2.37. The first-order valence-electron chi connectivity index (χ1n) is 5.44. The van der Waals surface area contributed by atoms with Crippen LogP contribution in [0.2, 0.25) is 5.02 Å². The maximum absolute atomic E-state index is 13.3. The van der Waals surface area contributed by atoms with E-state index in [1.54, 1.807) is 0 Å². The van der Waals surface area contributed by atoms with Crippen molar-refractivity contribution in [3.05, 3.63) is 68.2 Å². The average molecular weight is 366 g/mol. The largest absolute Gasteiger partial charge is 0.204 e. The van der Waals surface area contributed by atoms with Gasteiger partial charge in [0, 0.05) is 9.50 Å². The number of aryl methyl sites for hydroxylation is 1. The average Bonchev–Trinajstić information content (AvgIpc) is 2.36. The van der Waals surface area contributed by atoms with E-state index in [4.69, 9.17) is 23.2 Å². The number of hydrogen-bond acceptors (Lipinski definition) is 0. The van der Waals surface area contributed by atoms with Gasteiger partial charge in [-0.15, -0.1) is 11.6 Å². The molecule has 1 atom stereocenters. The predicted octanol–water partition coefficient (Wildman–Crippen LogP) is 6.02. The molecule has 0 aliphatic rings. The molecule has 2 aromatic rings. The highest BCUT2D eigenvalue weighted by atomic mass is 79.9. The van der Waals surface area contributed by atoms with E-state index in [9.17, 15) is 8.78 Å². The minimum Gasteiger partial charge on any atom is -0.204 e. The van der Waals surface area contributed by atoms with Gasteiger partial charge in [0.05, 0.1) is 5.38 Å². The van der Waals surface area contributed by atoms with Crippen LogP contribution in [0, 0.1) is 18.6 Å². The summed E-state index contributed by atoms with van der Waals surface area (Å²) in [4.78, 5) is 0. The Bertz CT molecular complexity index is 629. The molecule has 0 heterocycles. The molecule has 19 heavy (non-hydrogen) atoms. The number of alkyl halides is 1. The van der Waals surface area contributed by atoms with Gasteiger partial charge < -0.3 is 0 Å². The molecule has 0 aliphatic carbocycles. The third kappa shape index (κ3) is 3.10. The molecule has 0 radical (unpaired) electrons. The van der Waals surface area contributed by atoms with E-state index >= 15 is 0 Å². The van der Waals surface area contributed by atoms with Crippen LogP contribution in [0.1, 0.15) is 22.1 Å². The van der Waals surface area contributed by atoms with Crippen LogP contribution in [0.4, 0.5) is 8.78 Å². The van der Waals surface area contributed by atoms with Gasteiger partial charge in [0.2, 0.25) is 0 Å². The van der Waals surface area contributed by atoms with E-state index in [2.05, 4.69) is 15.9 Å². The van der Waals surface area contributed by atoms with E-state index in [0.29, 0.717) is 5.56 Å². The lowest BCUT2D eigenvalue weighted by Gasteiger charge is -2.15. The Labute approximate surface area is 128 Å². The van der Waals surface area contributed by atoms with Crippen molar-refractivity contribution in [1.82, 2.24) is 0 Å². The molecule has 2 rings (SSSR count). The molecule has 0 N–H and O–H groups in total. The van der Waals surface area contributed by atoms with E-state index in [1.165, 1.54) is 0 Å². The highest BCUT2D eigenvalue weighted by molar-refractivity contribution is 9.10. The summed E-state index contributed by atoms with van der Waals surface area (Å²) in [5, 5.41) is -0.529. The molecule has 100 valence electrons. The summed E-state index contributed by atoms with van der Waals surface area (Å²) in [6.45, 7) is 1.89. The Balaban J connectivity index is 2.52. The molecule has 0 spiro atoms. The van der Waals surface area contributed by atoms with E-state index in [1.807, 2.05) is 25.1 Å². The van der Waals surface area contributed by atoms with Crippen LogP contribution in [0.3, 0.4) is 0 Å². The first-order valence-corrected chi connectivity index (χ1v) is 7.05. The monoisotopic (exact) mass is 364 g/mol. The lowest BCUT2D eigenvalue weighted by Crippen LogP contribution is -1.99. The van der Waals surface area contributed by atoms with Crippen molar-refractivity contribution in [3.8, 4) is 0 Å². The highest BCUT2D eigenvalue weighted by Gasteiger charge is 2.19. The van der Waals surface area contributed by atoms with Crippen LogP contribution in [0.15, 0.2) is 34.8 Å². The Morgan fingerprint density at radius 1 is 1.05 bits per heavy atom. The zero-order valence-corrected chi connectivity index (χ0v) is 13.0. The lowest BCUT2D eigenvalue weighted by atomic mass is 10.00. The topological polar surface area (TPSA) is 0 Å². The fourth-order valence-corrected chi connectivity index (χ4v) is 2.89. The number of rotatable bonds is 2. The second-order valence-electron chi connectivity index (χ2n) is 4.15. The van der Waals surface area contributed by atoms with Crippen molar-refractivity contribution < 1.29 is 8.78 Å². The van der Waals surface area contributed by atoms with Crippen molar-refractivity contribution in [1.29, 1.82) is 0 Å². The smallest absolute Gasteiger partial charge is 0.160 e. The molecule has 0 aliphatic heterocycles. The molecule has 5 heteroatoms. The van der Waals surface area contributed by atoms with Gasteiger partial charge >= 0.3 is 0 Å². The second-order valence-corrected chi connectivity index (χ2v) is 5.91. The van der Waals surface area contributed by atoms with Crippen molar-refractivity contribution >= 4 is 39.1 Å². The summed E-state index contributed by atoms with van der Waals surface area (Å²) in [7, 11) is 0. The molecule has 0 nitrogen and oxygen atoms in total. The van der Waals surface area contributed by atoms with Gasteiger partial charge in [-0.2, -0.15) is 0 Å². The van der Waals surface area contributed by atoms with Crippen LogP contribution in [-0.2, 0) is 0 Å². The first kappa shape index (κ1) is 14.8. The SMILES string of the molecule is Cc1ccc(Br)cc1C(Cl)c1cc(F)c(F)cc1Cl. The van der Waals surface area contributed by atoms with Gasteiger partial charge in [-0.25, -0.2) is 8.78 Å². The fraction of sp³-hybridized carbons (Fsp3) is 0.143. The van der Waals surface area contributed by atoms with E-state index in [-0.39, 0.29) is 5.02 Å². The Morgan fingerprint density at radius 2 is 1.68 bits per heavy atom. The van der Waals surface area contributed by atoms with Crippen molar-refractivity contribution in [2.45, 2.75) is 12.3 Å². The number of halogens is 5. The summed E-state index contributed by atoms with van der Waals surface area (Å²) in [5.74, 6) is -1.94. The summed E-state index contributed by atoms with van der Waals surface area (Å²) in [5.41, 5.74) is 2.09. The van der Waals surface area contributed by atoms with Gasteiger partial charge in [0.15, 0.2) is 11.6 Å². The zero-order chi connectivity index (χ0) is 14.2. The van der Waals surface area contributed by atoms with E-state index < -0.39 is 17.0 Å². The molecule has 2 aromatic carbocycles. The summed E-state index contributed by atoms with van der Waals surface area (Å²) in [6, 6.07) is 7.59. The maximum Gasteiger partial charge on any atom is 0.160 e. The molecule has 0 fully saturated rings. The minimum absolute atomic E-state index is 0.110. The zero-order valence-electron chi connectivity index (χ0n) is 9.85. The molecular weight excluding hydrogens is 357 g/mol. The Hall–Kier alpha value is -0.640. The molecule has 0 saturated heterocycles. The van der Waals surface area contributed by atoms with Crippen molar-refractivity contribution in [2.75, 3.05) is 0 Å². The van der Waals surface area contributed by atoms with Gasteiger partial charge in [0.25, 0.3) is 0 Å². The van der Waals surface area contributed by atoms with Gasteiger partial charge in [-0.05, 0) is 47.9 Å². The Kier molecular flexibility index (Phi) is 4.49. The maximum atomic E-state index is 13.3. The van der Waals surface area contributed by atoms with Gasteiger partial charge in [-0.3, -0.25) is 0 Å². The second kappa shape index (κ2) is 5.78. The molecule has 0 amide bonds. The normalized spacial score (nSPS) is 12.5. The molecule has 1 unspecified atom stereocenters. The van der Waals surface area contributed by atoms with Gasteiger partial charge in [0.1, 0.15) is 0 Å². The van der Waals surface area contributed by atoms with Crippen molar-refractivity contribution in [2.24, 2.45) is 0 Å². The number of benzene rings is 2. The van der Waals surface area contributed by atoms with Crippen molar-refractivity contribution in [3.63, 3.8) is 0 Å². The molecule has 0 bridgehead atoms. The number of hydrogen-bond donors (Lipinski definition) is 0. The summed E-state index contributed by atoms with van der Waals surface area (Å²) < 4.78 is 27.2. The Morgan fingerprint density at radius 3 is 2.37 bits per heavy atom.